The number of piperidine rings is 1. The van der Waals surface area contributed by atoms with Crippen molar-refractivity contribution in [2.45, 2.75) is 32.3 Å². The minimum atomic E-state index is -0.615. The third-order valence-corrected chi connectivity index (χ3v) is 3.75. The van der Waals surface area contributed by atoms with Gasteiger partial charge in [-0.3, -0.25) is 4.79 Å². The van der Waals surface area contributed by atoms with Gasteiger partial charge in [0.25, 0.3) is 0 Å². The largest absolute Gasteiger partial charge is 0.390 e. The molecule has 1 heterocycles. The van der Waals surface area contributed by atoms with Gasteiger partial charge in [-0.15, -0.1) is 0 Å². The Labute approximate surface area is 114 Å². The Bertz CT molecular complexity index is 481. The molecule has 1 aliphatic rings. The zero-order chi connectivity index (χ0) is 13.9. The van der Waals surface area contributed by atoms with Gasteiger partial charge in [0.15, 0.2) is 0 Å². The number of rotatable bonds is 2. The fraction of sp³-hybridized carbons (Fsp3) is 0.438. The Morgan fingerprint density at radius 1 is 1.32 bits per heavy atom. The van der Waals surface area contributed by atoms with E-state index in [1.54, 1.807) is 11.0 Å². The maximum atomic E-state index is 12.1. The van der Waals surface area contributed by atoms with Crippen molar-refractivity contribution in [2.24, 2.45) is 0 Å². The molecule has 0 aliphatic carbocycles. The molecule has 0 radical (unpaired) electrons. The second kappa shape index (κ2) is 5.57. The maximum Gasteiger partial charge on any atom is 0.246 e. The molecule has 0 bridgehead atoms. The minimum Gasteiger partial charge on any atom is -0.390 e. The van der Waals surface area contributed by atoms with Gasteiger partial charge in [0.05, 0.1) is 5.60 Å². The standard InChI is InChI=1S/C16H21NO2/c1-13-5-3-4-6-14(13)7-8-15(18)17-11-9-16(2,19)10-12-17/h3-8,19H,9-12H2,1-2H3/b8-7+. The molecule has 0 aromatic heterocycles. The zero-order valence-corrected chi connectivity index (χ0v) is 11.6. The number of aliphatic hydroxyl groups is 1. The molecule has 2 rings (SSSR count). The van der Waals surface area contributed by atoms with E-state index in [-0.39, 0.29) is 5.91 Å². The van der Waals surface area contributed by atoms with E-state index in [1.165, 1.54) is 0 Å². The molecule has 1 saturated heterocycles. The summed E-state index contributed by atoms with van der Waals surface area (Å²) in [5.41, 5.74) is 1.62. The van der Waals surface area contributed by atoms with Crippen LogP contribution in [0.15, 0.2) is 30.3 Å². The molecule has 0 unspecified atom stereocenters. The third kappa shape index (κ3) is 3.67. The van der Waals surface area contributed by atoms with Crippen LogP contribution in [0.5, 0.6) is 0 Å². The number of aryl methyl sites for hydroxylation is 1. The van der Waals surface area contributed by atoms with Crippen LogP contribution in [0.25, 0.3) is 6.08 Å². The number of hydrogen-bond acceptors (Lipinski definition) is 2. The van der Waals surface area contributed by atoms with E-state index in [0.29, 0.717) is 25.9 Å². The highest BCUT2D eigenvalue weighted by Crippen LogP contribution is 2.21. The number of carbonyl (C=O) groups excluding carboxylic acids is 1. The lowest BCUT2D eigenvalue weighted by Crippen LogP contribution is -2.44. The van der Waals surface area contributed by atoms with Crippen molar-refractivity contribution in [2.75, 3.05) is 13.1 Å². The van der Waals surface area contributed by atoms with Gasteiger partial charge in [-0.2, -0.15) is 0 Å². The van der Waals surface area contributed by atoms with E-state index in [9.17, 15) is 9.90 Å². The van der Waals surface area contributed by atoms with Crippen LogP contribution in [-0.2, 0) is 4.79 Å². The van der Waals surface area contributed by atoms with Crippen LogP contribution in [0.3, 0.4) is 0 Å². The topological polar surface area (TPSA) is 40.5 Å². The van der Waals surface area contributed by atoms with E-state index in [0.717, 1.165) is 11.1 Å². The smallest absolute Gasteiger partial charge is 0.246 e. The van der Waals surface area contributed by atoms with E-state index in [4.69, 9.17) is 0 Å². The Hall–Kier alpha value is -1.61. The monoisotopic (exact) mass is 259 g/mol. The Morgan fingerprint density at radius 2 is 1.95 bits per heavy atom. The second-order valence-corrected chi connectivity index (χ2v) is 5.51. The first-order valence-corrected chi connectivity index (χ1v) is 6.73. The average molecular weight is 259 g/mol. The van der Waals surface area contributed by atoms with Crippen molar-refractivity contribution in [3.8, 4) is 0 Å². The average Bonchev–Trinajstić information content (AvgIpc) is 2.37. The maximum absolute atomic E-state index is 12.1. The molecular weight excluding hydrogens is 238 g/mol. The first-order valence-electron chi connectivity index (χ1n) is 6.73. The molecule has 1 aromatic carbocycles. The van der Waals surface area contributed by atoms with Crippen molar-refractivity contribution >= 4 is 12.0 Å². The lowest BCUT2D eigenvalue weighted by atomic mass is 9.94. The summed E-state index contributed by atoms with van der Waals surface area (Å²) < 4.78 is 0. The number of carbonyl (C=O) groups is 1. The van der Waals surface area contributed by atoms with Gasteiger partial charge in [0, 0.05) is 19.2 Å². The predicted octanol–water partition coefficient (Wildman–Crippen LogP) is 2.38. The highest BCUT2D eigenvalue weighted by molar-refractivity contribution is 5.92. The van der Waals surface area contributed by atoms with Gasteiger partial charge in [-0.05, 0) is 43.9 Å². The molecular formula is C16H21NO2. The SMILES string of the molecule is Cc1ccccc1/C=C/C(=O)N1CCC(C)(O)CC1. The fourth-order valence-corrected chi connectivity index (χ4v) is 2.25. The lowest BCUT2D eigenvalue weighted by molar-refractivity contribution is -0.129. The molecule has 1 aromatic rings. The van der Waals surface area contributed by atoms with Crippen LogP contribution < -0.4 is 0 Å². The van der Waals surface area contributed by atoms with Crippen LogP contribution in [0.4, 0.5) is 0 Å². The molecule has 3 nitrogen and oxygen atoms in total. The summed E-state index contributed by atoms with van der Waals surface area (Å²) in [6.45, 7) is 5.12. The summed E-state index contributed by atoms with van der Waals surface area (Å²) >= 11 is 0. The number of benzene rings is 1. The molecule has 1 fully saturated rings. The second-order valence-electron chi connectivity index (χ2n) is 5.51. The molecule has 0 atom stereocenters. The van der Waals surface area contributed by atoms with Gasteiger partial charge >= 0.3 is 0 Å². The Kier molecular flexibility index (Phi) is 4.05. The van der Waals surface area contributed by atoms with Gasteiger partial charge in [-0.25, -0.2) is 0 Å². The normalized spacial score (nSPS) is 18.8. The molecule has 1 amide bonds. The van der Waals surface area contributed by atoms with Crippen LogP contribution in [0.2, 0.25) is 0 Å². The van der Waals surface area contributed by atoms with Gasteiger partial charge in [0.2, 0.25) is 5.91 Å². The van der Waals surface area contributed by atoms with Crippen LogP contribution in [0, 0.1) is 6.92 Å². The molecule has 19 heavy (non-hydrogen) atoms. The predicted molar refractivity (Wildman–Crippen MR) is 76.7 cm³/mol. The van der Waals surface area contributed by atoms with Gasteiger partial charge < -0.3 is 10.0 Å². The van der Waals surface area contributed by atoms with E-state index in [2.05, 4.69) is 0 Å². The zero-order valence-electron chi connectivity index (χ0n) is 11.6. The van der Waals surface area contributed by atoms with Crippen molar-refractivity contribution in [1.29, 1.82) is 0 Å². The summed E-state index contributed by atoms with van der Waals surface area (Å²) in [4.78, 5) is 13.8. The molecule has 0 spiro atoms. The van der Waals surface area contributed by atoms with Gasteiger partial charge in [0.1, 0.15) is 0 Å². The first kappa shape index (κ1) is 13.8. The van der Waals surface area contributed by atoms with Crippen molar-refractivity contribution in [3.63, 3.8) is 0 Å². The molecule has 1 N–H and O–H groups in total. The van der Waals surface area contributed by atoms with Crippen LogP contribution in [0.1, 0.15) is 30.9 Å². The fourth-order valence-electron chi connectivity index (χ4n) is 2.25. The lowest BCUT2D eigenvalue weighted by Gasteiger charge is -2.35. The summed E-state index contributed by atoms with van der Waals surface area (Å²) in [5.74, 6) is 0.0266. The van der Waals surface area contributed by atoms with Crippen LogP contribution in [-0.4, -0.2) is 34.6 Å². The molecule has 102 valence electrons. The number of nitrogens with zero attached hydrogens (tertiary/aromatic N) is 1. The summed E-state index contributed by atoms with van der Waals surface area (Å²) in [5, 5.41) is 9.86. The molecule has 3 heteroatoms. The minimum absolute atomic E-state index is 0.0266. The quantitative estimate of drug-likeness (QED) is 0.828. The summed E-state index contributed by atoms with van der Waals surface area (Å²) in [7, 11) is 0. The Balaban J connectivity index is 1.97. The van der Waals surface area contributed by atoms with E-state index < -0.39 is 5.60 Å². The number of likely N-dealkylation sites (tertiary alicyclic amines) is 1. The third-order valence-electron chi connectivity index (χ3n) is 3.75. The number of amides is 1. The van der Waals surface area contributed by atoms with Crippen molar-refractivity contribution in [3.05, 3.63) is 41.5 Å². The van der Waals surface area contributed by atoms with Crippen molar-refractivity contribution < 1.29 is 9.90 Å². The molecule has 1 aliphatic heterocycles. The Morgan fingerprint density at radius 3 is 2.58 bits per heavy atom. The van der Waals surface area contributed by atoms with Gasteiger partial charge in [-0.1, -0.05) is 24.3 Å². The van der Waals surface area contributed by atoms with E-state index >= 15 is 0 Å². The van der Waals surface area contributed by atoms with E-state index in [1.807, 2.05) is 44.2 Å². The molecule has 0 saturated carbocycles. The highest BCUT2D eigenvalue weighted by Gasteiger charge is 2.28. The number of hydrogen-bond donors (Lipinski definition) is 1. The summed E-state index contributed by atoms with van der Waals surface area (Å²) in [6, 6.07) is 7.98. The highest BCUT2D eigenvalue weighted by atomic mass is 16.3. The summed E-state index contributed by atoms with van der Waals surface area (Å²) in [6.07, 6.45) is 4.79. The first-order chi connectivity index (χ1) is 8.98. The van der Waals surface area contributed by atoms with Crippen LogP contribution >= 0.6 is 0 Å². The van der Waals surface area contributed by atoms with Crippen molar-refractivity contribution in [1.82, 2.24) is 4.90 Å².